The molecule has 0 heteroatoms. The van der Waals surface area contributed by atoms with Crippen molar-refractivity contribution in [3.63, 3.8) is 0 Å². The number of rotatable bonds is 12. The van der Waals surface area contributed by atoms with Crippen LogP contribution in [0.15, 0.2) is 0 Å². The zero-order chi connectivity index (χ0) is 13.8. The van der Waals surface area contributed by atoms with Gasteiger partial charge in [0.25, 0.3) is 0 Å². The van der Waals surface area contributed by atoms with Gasteiger partial charge in [-0.2, -0.15) is 0 Å². The third-order valence-electron chi connectivity index (χ3n) is 4.87. The lowest BCUT2D eigenvalue weighted by molar-refractivity contribution is 0.322. The van der Waals surface area contributed by atoms with Crippen LogP contribution in [0.1, 0.15) is 98.8 Å². The maximum absolute atomic E-state index is 2.41. The van der Waals surface area contributed by atoms with Crippen molar-refractivity contribution in [3.8, 4) is 0 Å². The highest BCUT2D eigenvalue weighted by atomic mass is 14.2. The summed E-state index contributed by atoms with van der Waals surface area (Å²) in [6.07, 6.45) is 14.3. The van der Waals surface area contributed by atoms with Gasteiger partial charge in [-0.3, -0.25) is 0 Å². The Balaban J connectivity index is 3.82. The standard InChI is InChI=1S/C18H38/c1-6-10-11-17(8-3)14-15-18(9-4)13-12-16(5)7-2/h16-18H,6-15H2,1-5H3. The van der Waals surface area contributed by atoms with Crippen LogP contribution in [0.3, 0.4) is 0 Å². The van der Waals surface area contributed by atoms with Crippen molar-refractivity contribution in [2.75, 3.05) is 0 Å². The number of hydrogen-bond acceptors (Lipinski definition) is 0. The SMILES string of the molecule is CCCCC(CC)CCC(CC)CCC(C)CC. The summed E-state index contributed by atoms with van der Waals surface area (Å²) in [6, 6.07) is 0. The predicted octanol–water partition coefficient (Wildman–Crippen LogP) is 6.84. The van der Waals surface area contributed by atoms with E-state index in [0.29, 0.717) is 0 Å². The van der Waals surface area contributed by atoms with Gasteiger partial charge in [-0.05, 0) is 17.8 Å². The van der Waals surface area contributed by atoms with E-state index >= 15 is 0 Å². The van der Waals surface area contributed by atoms with Gasteiger partial charge < -0.3 is 0 Å². The van der Waals surface area contributed by atoms with Crippen LogP contribution < -0.4 is 0 Å². The third-order valence-corrected chi connectivity index (χ3v) is 4.87. The Morgan fingerprint density at radius 1 is 0.611 bits per heavy atom. The third kappa shape index (κ3) is 9.00. The highest BCUT2D eigenvalue weighted by molar-refractivity contribution is 4.65. The molecule has 0 saturated carbocycles. The minimum absolute atomic E-state index is 0.932. The molecule has 0 aromatic heterocycles. The van der Waals surface area contributed by atoms with E-state index in [1.165, 1.54) is 64.2 Å². The van der Waals surface area contributed by atoms with Gasteiger partial charge >= 0.3 is 0 Å². The minimum Gasteiger partial charge on any atom is -0.0654 e. The topological polar surface area (TPSA) is 0 Å². The van der Waals surface area contributed by atoms with Crippen molar-refractivity contribution >= 4 is 0 Å². The first-order chi connectivity index (χ1) is 8.67. The van der Waals surface area contributed by atoms with E-state index in [4.69, 9.17) is 0 Å². The van der Waals surface area contributed by atoms with Crippen LogP contribution in [-0.2, 0) is 0 Å². The number of unbranched alkanes of at least 4 members (excludes halogenated alkanes) is 1. The Labute approximate surface area is 117 Å². The molecule has 18 heavy (non-hydrogen) atoms. The summed E-state index contributed by atoms with van der Waals surface area (Å²) in [7, 11) is 0. The molecule has 0 aliphatic rings. The molecule has 0 rings (SSSR count). The summed E-state index contributed by atoms with van der Waals surface area (Å²) < 4.78 is 0. The van der Waals surface area contributed by atoms with Gasteiger partial charge in [0, 0.05) is 0 Å². The van der Waals surface area contributed by atoms with Crippen LogP contribution >= 0.6 is 0 Å². The molecule has 0 aliphatic heterocycles. The lowest BCUT2D eigenvalue weighted by Crippen LogP contribution is -2.06. The van der Waals surface area contributed by atoms with Gasteiger partial charge in [-0.1, -0.05) is 98.8 Å². The van der Waals surface area contributed by atoms with Crippen LogP contribution in [-0.4, -0.2) is 0 Å². The fourth-order valence-electron chi connectivity index (χ4n) is 2.79. The molecule has 0 amide bonds. The zero-order valence-electron chi connectivity index (χ0n) is 13.8. The first-order valence-electron chi connectivity index (χ1n) is 8.67. The molecule has 110 valence electrons. The largest absolute Gasteiger partial charge is 0.0654 e. The van der Waals surface area contributed by atoms with Crippen molar-refractivity contribution < 1.29 is 0 Å². The highest BCUT2D eigenvalue weighted by Gasteiger charge is 2.12. The van der Waals surface area contributed by atoms with E-state index in [0.717, 1.165) is 17.8 Å². The summed E-state index contributed by atoms with van der Waals surface area (Å²) in [6.45, 7) is 11.8. The summed E-state index contributed by atoms with van der Waals surface area (Å²) in [5.74, 6) is 2.93. The van der Waals surface area contributed by atoms with Gasteiger partial charge in [-0.15, -0.1) is 0 Å². The predicted molar refractivity (Wildman–Crippen MR) is 85.0 cm³/mol. The van der Waals surface area contributed by atoms with E-state index in [2.05, 4.69) is 34.6 Å². The van der Waals surface area contributed by atoms with E-state index in [1.807, 2.05) is 0 Å². The maximum atomic E-state index is 2.41. The van der Waals surface area contributed by atoms with Crippen molar-refractivity contribution in [1.29, 1.82) is 0 Å². The molecular weight excluding hydrogens is 216 g/mol. The van der Waals surface area contributed by atoms with E-state index in [9.17, 15) is 0 Å². The smallest absolute Gasteiger partial charge is 0.0417 e. The Kier molecular flexibility index (Phi) is 12.1. The van der Waals surface area contributed by atoms with E-state index in [-0.39, 0.29) is 0 Å². The van der Waals surface area contributed by atoms with Gasteiger partial charge in [0.15, 0.2) is 0 Å². The molecule has 3 atom stereocenters. The van der Waals surface area contributed by atoms with Crippen molar-refractivity contribution in [2.24, 2.45) is 17.8 Å². The van der Waals surface area contributed by atoms with Gasteiger partial charge in [0.1, 0.15) is 0 Å². The maximum Gasteiger partial charge on any atom is -0.0417 e. The molecule has 0 radical (unpaired) electrons. The molecule has 0 nitrogen and oxygen atoms in total. The fourth-order valence-corrected chi connectivity index (χ4v) is 2.79. The second-order valence-corrected chi connectivity index (χ2v) is 6.36. The molecule has 0 aromatic rings. The molecule has 0 heterocycles. The summed E-state index contributed by atoms with van der Waals surface area (Å²) >= 11 is 0. The Bertz CT molecular complexity index is 161. The highest BCUT2D eigenvalue weighted by Crippen LogP contribution is 2.26. The monoisotopic (exact) mass is 254 g/mol. The second-order valence-electron chi connectivity index (χ2n) is 6.36. The van der Waals surface area contributed by atoms with E-state index in [1.54, 1.807) is 0 Å². The lowest BCUT2D eigenvalue weighted by atomic mass is 9.86. The van der Waals surface area contributed by atoms with Crippen LogP contribution in [0.5, 0.6) is 0 Å². The molecule has 0 aromatic carbocycles. The van der Waals surface area contributed by atoms with Crippen molar-refractivity contribution in [3.05, 3.63) is 0 Å². The van der Waals surface area contributed by atoms with E-state index < -0.39 is 0 Å². The summed E-state index contributed by atoms with van der Waals surface area (Å²) in [4.78, 5) is 0. The Morgan fingerprint density at radius 3 is 1.56 bits per heavy atom. The molecule has 0 N–H and O–H groups in total. The van der Waals surface area contributed by atoms with Crippen molar-refractivity contribution in [1.82, 2.24) is 0 Å². The molecule has 0 aliphatic carbocycles. The quantitative estimate of drug-likeness (QED) is 0.358. The van der Waals surface area contributed by atoms with Crippen molar-refractivity contribution in [2.45, 2.75) is 98.8 Å². The fraction of sp³-hybridized carbons (Fsp3) is 1.00. The Hall–Kier alpha value is 0. The zero-order valence-corrected chi connectivity index (χ0v) is 13.8. The first kappa shape index (κ1) is 18.0. The van der Waals surface area contributed by atoms with Gasteiger partial charge in [0.2, 0.25) is 0 Å². The normalized spacial score (nSPS) is 16.5. The number of hydrogen-bond donors (Lipinski definition) is 0. The average Bonchev–Trinajstić information content (AvgIpc) is 2.41. The van der Waals surface area contributed by atoms with Crippen LogP contribution in [0, 0.1) is 17.8 Å². The average molecular weight is 255 g/mol. The molecular formula is C18H38. The minimum atomic E-state index is 0.932. The summed E-state index contributed by atoms with van der Waals surface area (Å²) in [5, 5.41) is 0. The van der Waals surface area contributed by atoms with Gasteiger partial charge in [-0.25, -0.2) is 0 Å². The lowest BCUT2D eigenvalue weighted by Gasteiger charge is -2.20. The molecule has 0 fully saturated rings. The van der Waals surface area contributed by atoms with Crippen LogP contribution in [0.4, 0.5) is 0 Å². The second kappa shape index (κ2) is 12.1. The van der Waals surface area contributed by atoms with Crippen LogP contribution in [0.25, 0.3) is 0 Å². The summed E-state index contributed by atoms with van der Waals surface area (Å²) in [5.41, 5.74) is 0. The molecule has 3 unspecified atom stereocenters. The Morgan fingerprint density at radius 2 is 1.11 bits per heavy atom. The molecule has 0 saturated heterocycles. The molecule has 0 spiro atoms. The van der Waals surface area contributed by atoms with Gasteiger partial charge in [0.05, 0.1) is 0 Å². The van der Waals surface area contributed by atoms with Crippen LogP contribution in [0.2, 0.25) is 0 Å². The first-order valence-corrected chi connectivity index (χ1v) is 8.67. The molecule has 0 bridgehead atoms.